The first kappa shape index (κ1) is 17.5. The number of anilines is 1. The van der Waals surface area contributed by atoms with Crippen molar-refractivity contribution in [2.24, 2.45) is 0 Å². The molecule has 23 heavy (non-hydrogen) atoms. The number of rotatable bonds is 5. The van der Waals surface area contributed by atoms with E-state index in [0.717, 1.165) is 25.7 Å². The molecule has 126 valence electrons. The van der Waals surface area contributed by atoms with Crippen molar-refractivity contribution in [3.05, 3.63) is 29.8 Å². The summed E-state index contributed by atoms with van der Waals surface area (Å²) in [5, 5.41) is 0. The smallest absolute Gasteiger partial charge is 0.415 e. The maximum absolute atomic E-state index is 12.7. The predicted molar refractivity (Wildman–Crippen MR) is 92.0 cm³/mol. The first-order valence-electron chi connectivity index (χ1n) is 8.50. The van der Waals surface area contributed by atoms with Crippen molar-refractivity contribution in [1.82, 2.24) is 0 Å². The molecule has 0 aromatic heterocycles. The average molecular weight is 317 g/mol. The fourth-order valence-electron chi connectivity index (χ4n) is 2.92. The number of ether oxygens (including phenoxy) is 1. The van der Waals surface area contributed by atoms with Gasteiger partial charge in [0.1, 0.15) is 11.6 Å². The first-order chi connectivity index (χ1) is 10.8. The van der Waals surface area contributed by atoms with Crippen molar-refractivity contribution in [3.63, 3.8) is 0 Å². The van der Waals surface area contributed by atoms with Crippen LogP contribution in [-0.2, 0) is 4.74 Å². The molecule has 0 bridgehead atoms. The fourth-order valence-corrected chi connectivity index (χ4v) is 2.92. The lowest BCUT2D eigenvalue weighted by Crippen LogP contribution is -2.43. The summed E-state index contributed by atoms with van der Waals surface area (Å²) in [5.74, 6) is 0.0305. The Bertz CT molecular complexity index is 574. The number of carbonyl (C=O) groups excluding carboxylic acids is 2. The van der Waals surface area contributed by atoms with Gasteiger partial charge in [-0.2, -0.15) is 0 Å². The van der Waals surface area contributed by atoms with E-state index in [-0.39, 0.29) is 5.78 Å². The van der Waals surface area contributed by atoms with Gasteiger partial charge in [-0.1, -0.05) is 44.7 Å². The highest BCUT2D eigenvalue weighted by molar-refractivity contribution is 6.16. The third-order valence-electron chi connectivity index (χ3n) is 3.96. The number of Topliss-reactive ketones (excluding diaryl/α,β-unsaturated/α-hetero) is 1. The molecule has 1 aliphatic rings. The highest BCUT2D eigenvalue weighted by Gasteiger charge is 2.41. The molecular weight excluding hydrogens is 290 g/mol. The van der Waals surface area contributed by atoms with Gasteiger partial charge >= 0.3 is 6.09 Å². The van der Waals surface area contributed by atoms with Gasteiger partial charge in [-0.15, -0.1) is 0 Å². The zero-order valence-electron chi connectivity index (χ0n) is 14.6. The zero-order chi connectivity index (χ0) is 17.0. The van der Waals surface area contributed by atoms with Crippen molar-refractivity contribution in [2.45, 2.75) is 71.4 Å². The summed E-state index contributed by atoms with van der Waals surface area (Å²) in [5.41, 5.74) is 0.718. The molecule has 1 unspecified atom stereocenters. The Morgan fingerprint density at radius 3 is 2.52 bits per heavy atom. The molecule has 4 heteroatoms. The molecule has 1 aliphatic heterocycles. The largest absolute Gasteiger partial charge is 0.443 e. The van der Waals surface area contributed by atoms with Gasteiger partial charge in [0, 0.05) is 5.56 Å². The second-order valence-corrected chi connectivity index (χ2v) is 7.10. The zero-order valence-corrected chi connectivity index (χ0v) is 14.6. The molecule has 0 spiro atoms. The number of benzene rings is 1. The molecule has 1 aromatic rings. The number of hydrogen-bond acceptors (Lipinski definition) is 3. The quantitative estimate of drug-likeness (QED) is 0.721. The molecule has 0 aliphatic carbocycles. The molecule has 0 saturated heterocycles. The number of nitrogens with zero attached hydrogens (tertiary/aromatic N) is 1. The maximum atomic E-state index is 12.7. The van der Waals surface area contributed by atoms with E-state index in [1.807, 2.05) is 39.0 Å². The number of unbranched alkanes of at least 4 members (excludes halogenated alkanes) is 3. The van der Waals surface area contributed by atoms with E-state index in [2.05, 4.69) is 6.92 Å². The van der Waals surface area contributed by atoms with E-state index in [0.29, 0.717) is 17.7 Å². The van der Waals surface area contributed by atoms with Crippen molar-refractivity contribution in [3.8, 4) is 0 Å². The molecular formula is C19H27NO3. The number of para-hydroxylation sites is 1. The number of ketones is 1. The molecule has 1 aromatic carbocycles. The van der Waals surface area contributed by atoms with Crippen LogP contribution in [-0.4, -0.2) is 23.5 Å². The summed E-state index contributed by atoms with van der Waals surface area (Å²) in [6, 6.07) is 6.87. The van der Waals surface area contributed by atoms with Crippen LogP contribution in [0.2, 0.25) is 0 Å². The van der Waals surface area contributed by atoms with Crippen molar-refractivity contribution < 1.29 is 14.3 Å². The molecule has 4 nitrogen and oxygen atoms in total. The number of fused-ring (bicyclic) bond motifs is 1. The minimum atomic E-state index is -0.579. The van der Waals surface area contributed by atoms with E-state index in [9.17, 15) is 9.59 Å². The summed E-state index contributed by atoms with van der Waals surface area (Å²) in [6.45, 7) is 7.67. The second-order valence-electron chi connectivity index (χ2n) is 7.10. The van der Waals surface area contributed by atoms with Gasteiger partial charge < -0.3 is 4.74 Å². The van der Waals surface area contributed by atoms with Crippen LogP contribution in [0.5, 0.6) is 0 Å². The molecule has 1 amide bonds. The Balaban J connectivity index is 2.21. The molecule has 1 atom stereocenters. The molecule has 2 rings (SSSR count). The summed E-state index contributed by atoms with van der Waals surface area (Å²) >= 11 is 0. The van der Waals surface area contributed by atoms with Crippen LogP contribution in [0, 0.1) is 0 Å². The SMILES string of the molecule is CCCCCCC1C(=O)c2ccccc2N1C(=O)OC(C)(C)C. The summed E-state index contributed by atoms with van der Waals surface area (Å²) in [4.78, 5) is 26.9. The predicted octanol–water partition coefficient (Wildman–Crippen LogP) is 4.96. The van der Waals surface area contributed by atoms with Crippen LogP contribution in [0.1, 0.15) is 70.2 Å². The monoisotopic (exact) mass is 317 g/mol. The van der Waals surface area contributed by atoms with E-state index in [1.54, 1.807) is 11.0 Å². The molecule has 0 fully saturated rings. The highest BCUT2D eigenvalue weighted by atomic mass is 16.6. The van der Waals surface area contributed by atoms with Crippen molar-refractivity contribution >= 4 is 17.6 Å². The lowest BCUT2D eigenvalue weighted by atomic mass is 10.0. The Morgan fingerprint density at radius 2 is 1.87 bits per heavy atom. The Labute approximate surface area is 138 Å². The standard InChI is InChI=1S/C19H27NO3/c1-5-6-7-8-13-16-17(21)14-11-9-10-12-15(14)20(16)18(22)23-19(2,3)4/h9-12,16H,5-8,13H2,1-4H3. The minimum Gasteiger partial charge on any atom is -0.443 e. The second kappa shape index (κ2) is 7.16. The van der Waals surface area contributed by atoms with Crippen molar-refractivity contribution in [1.29, 1.82) is 0 Å². The lowest BCUT2D eigenvalue weighted by molar-refractivity contribution is 0.0559. The summed E-state index contributed by atoms with van der Waals surface area (Å²) in [6.07, 6.45) is 4.58. The summed E-state index contributed by atoms with van der Waals surface area (Å²) < 4.78 is 5.52. The number of amides is 1. The van der Waals surface area contributed by atoms with Gasteiger partial charge in [0.15, 0.2) is 5.78 Å². The van der Waals surface area contributed by atoms with Crippen LogP contribution in [0.3, 0.4) is 0 Å². The molecule has 0 N–H and O–H groups in total. The third-order valence-corrected chi connectivity index (χ3v) is 3.96. The van der Waals surface area contributed by atoms with Crippen LogP contribution in [0.25, 0.3) is 0 Å². The normalized spacial score (nSPS) is 17.3. The summed E-state index contributed by atoms with van der Waals surface area (Å²) in [7, 11) is 0. The van der Waals surface area contributed by atoms with Crippen LogP contribution < -0.4 is 4.90 Å². The number of carbonyl (C=O) groups is 2. The van der Waals surface area contributed by atoms with Gasteiger partial charge in [-0.3, -0.25) is 9.69 Å². The Morgan fingerprint density at radius 1 is 1.17 bits per heavy atom. The van der Waals surface area contributed by atoms with Crippen molar-refractivity contribution in [2.75, 3.05) is 4.90 Å². The molecule has 1 heterocycles. The van der Waals surface area contributed by atoms with Gasteiger partial charge in [-0.25, -0.2) is 4.79 Å². The van der Waals surface area contributed by atoms with Crippen LogP contribution in [0.4, 0.5) is 10.5 Å². The molecule has 0 saturated carbocycles. The Kier molecular flexibility index (Phi) is 5.45. The van der Waals surface area contributed by atoms with E-state index >= 15 is 0 Å². The van der Waals surface area contributed by atoms with E-state index in [1.165, 1.54) is 0 Å². The third kappa shape index (κ3) is 4.12. The van der Waals surface area contributed by atoms with Gasteiger partial charge in [-0.05, 0) is 39.3 Å². The first-order valence-corrected chi connectivity index (χ1v) is 8.50. The highest BCUT2D eigenvalue weighted by Crippen LogP contribution is 2.35. The Hall–Kier alpha value is -1.84. The van der Waals surface area contributed by atoms with Gasteiger partial charge in [0.2, 0.25) is 0 Å². The minimum absolute atomic E-state index is 0.0305. The van der Waals surface area contributed by atoms with Gasteiger partial charge in [0.25, 0.3) is 0 Å². The van der Waals surface area contributed by atoms with Crippen LogP contribution >= 0.6 is 0 Å². The average Bonchev–Trinajstić information content (AvgIpc) is 2.75. The van der Waals surface area contributed by atoms with Gasteiger partial charge in [0.05, 0.1) is 5.69 Å². The van der Waals surface area contributed by atoms with Crippen LogP contribution in [0.15, 0.2) is 24.3 Å². The molecule has 0 radical (unpaired) electrons. The van der Waals surface area contributed by atoms with E-state index < -0.39 is 17.7 Å². The number of hydrogen-bond donors (Lipinski definition) is 0. The van der Waals surface area contributed by atoms with E-state index in [4.69, 9.17) is 4.74 Å². The lowest BCUT2D eigenvalue weighted by Gasteiger charge is -2.28. The fraction of sp³-hybridized carbons (Fsp3) is 0.579. The topological polar surface area (TPSA) is 46.6 Å². The maximum Gasteiger partial charge on any atom is 0.415 e.